The van der Waals surface area contributed by atoms with Crippen LogP contribution in [0.5, 0.6) is 0 Å². The molecule has 1 amide bonds. The highest BCUT2D eigenvalue weighted by molar-refractivity contribution is 7.89. The minimum absolute atomic E-state index is 0.0193. The number of rotatable bonds is 6. The first-order chi connectivity index (χ1) is 10.9. The van der Waals surface area contributed by atoms with Gasteiger partial charge >= 0.3 is 0 Å². The van der Waals surface area contributed by atoms with E-state index in [2.05, 4.69) is 5.32 Å². The van der Waals surface area contributed by atoms with Crippen LogP contribution in [-0.4, -0.2) is 62.3 Å². The standard InChI is InChI=1S/C15H23N3O4S/c1-17(2)23(20,21)10-11-8-22-9-13(11)16-15(19)14-4-3-7-18(14)12-5-6-12/h3-4,7,11-13H,5-6,8-10H2,1-2H3,(H,16,19)/t11-,13-/m0/s1. The van der Waals surface area contributed by atoms with Gasteiger partial charge in [-0.2, -0.15) is 0 Å². The van der Waals surface area contributed by atoms with Crippen LogP contribution in [0.15, 0.2) is 18.3 Å². The number of carbonyl (C=O) groups is 1. The van der Waals surface area contributed by atoms with Crippen LogP contribution in [0.25, 0.3) is 0 Å². The summed E-state index contributed by atoms with van der Waals surface area (Å²) in [5.41, 5.74) is 0.633. The van der Waals surface area contributed by atoms with Gasteiger partial charge in [0.1, 0.15) is 5.69 Å². The third-order valence-corrected chi connectivity index (χ3v) is 6.41. The van der Waals surface area contributed by atoms with Gasteiger partial charge in [-0.3, -0.25) is 4.79 Å². The zero-order valence-electron chi connectivity index (χ0n) is 13.4. The van der Waals surface area contributed by atoms with Crippen LogP contribution in [0.1, 0.15) is 29.4 Å². The predicted octanol–water partition coefficient (Wildman–Crippen LogP) is 0.459. The first kappa shape index (κ1) is 16.5. The molecule has 1 aromatic heterocycles. The summed E-state index contributed by atoms with van der Waals surface area (Å²) in [4.78, 5) is 12.5. The topological polar surface area (TPSA) is 80.6 Å². The van der Waals surface area contributed by atoms with E-state index in [9.17, 15) is 13.2 Å². The molecule has 0 radical (unpaired) electrons. The molecule has 1 N–H and O–H groups in total. The predicted molar refractivity (Wildman–Crippen MR) is 85.7 cm³/mol. The second-order valence-electron chi connectivity index (χ2n) is 6.47. The van der Waals surface area contributed by atoms with Gasteiger partial charge in [0, 0.05) is 32.3 Å². The first-order valence-electron chi connectivity index (χ1n) is 7.84. The van der Waals surface area contributed by atoms with Crippen LogP contribution in [0.3, 0.4) is 0 Å². The molecule has 0 bridgehead atoms. The Bertz CT molecular complexity index is 679. The third-order valence-electron chi connectivity index (χ3n) is 4.45. The van der Waals surface area contributed by atoms with Crippen molar-refractivity contribution in [1.82, 2.24) is 14.2 Å². The number of aromatic nitrogens is 1. The Labute approximate surface area is 136 Å². The number of amides is 1. The average Bonchev–Trinajstić information content (AvgIpc) is 3.05. The Morgan fingerprint density at radius 2 is 2.13 bits per heavy atom. The molecule has 1 aliphatic heterocycles. The number of hydrogen-bond acceptors (Lipinski definition) is 4. The molecule has 8 heteroatoms. The van der Waals surface area contributed by atoms with E-state index >= 15 is 0 Å². The fraction of sp³-hybridized carbons (Fsp3) is 0.667. The van der Waals surface area contributed by atoms with E-state index in [1.165, 1.54) is 18.4 Å². The molecule has 1 saturated heterocycles. The Morgan fingerprint density at radius 1 is 1.39 bits per heavy atom. The quantitative estimate of drug-likeness (QED) is 0.815. The molecule has 2 aliphatic rings. The molecule has 128 valence electrons. The highest BCUT2D eigenvalue weighted by Crippen LogP contribution is 2.36. The molecule has 0 unspecified atom stereocenters. The summed E-state index contributed by atoms with van der Waals surface area (Å²) >= 11 is 0. The molecule has 3 rings (SSSR count). The molecule has 1 saturated carbocycles. The number of nitrogens with zero attached hydrogens (tertiary/aromatic N) is 2. The highest BCUT2D eigenvalue weighted by atomic mass is 32.2. The lowest BCUT2D eigenvalue weighted by molar-refractivity contribution is 0.0916. The fourth-order valence-electron chi connectivity index (χ4n) is 2.84. The largest absolute Gasteiger partial charge is 0.379 e. The van der Waals surface area contributed by atoms with Gasteiger partial charge in [0.05, 0.1) is 25.0 Å². The molecule has 23 heavy (non-hydrogen) atoms. The van der Waals surface area contributed by atoms with Crippen molar-refractivity contribution in [3.8, 4) is 0 Å². The van der Waals surface area contributed by atoms with Crippen LogP contribution in [0.4, 0.5) is 0 Å². The zero-order chi connectivity index (χ0) is 16.6. The SMILES string of the molecule is CN(C)S(=O)(=O)C[C@@H]1COC[C@@H]1NC(=O)c1cccn1C1CC1. The molecule has 0 spiro atoms. The third kappa shape index (κ3) is 3.59. The average molecular weight is 341 g/mol. The van der Waals surface area contributed by atoms with Crippen molar-refractivity contribution >= 4 is 15.9 Å². The van der Waals surface area contributed by atoms with Crippen molar-refractivity contribution in [3.05, 3.63) is 24.0 Å². The fourth-order valence-corrected chi connectivity index (χ4v) is 4.01. The summed E-state index contributed by atoms with van der Waals surface area (Å²) in [5, 5.41) is 2.95. The number of hydrogen-bond donors (Lipinski definition) is 1. The van der Waals surface area contributed by atoms with Crippen molar-refractivity contribution in [3.63, 3.8) is 0 Å². The van der Waals surface area contributed by atoms with Gasteiger partial charge in [-0.05, 0) is 25.0 Å². The maximum Gasteiger partial charge on any atom is 0.268 e. The smallest absolute Gasteiger partial charge is 0.268 e. The number of carbonyl (C=O) groups excluding carboxylic acids is 1. The van der Waals surface area contributed by atoms with Crippen LogP contribution in [-0.2, 0) is 14.8 Å². The van der Waals surface area contributed by atoms with Crippen LogP contribution < -0.4 is 5.32 Å². The van der Waals surface area contributed by atoms with E-state index in [-0.39, 0.29) is 23.6 Å². The summed E-state index contributed by atoms with van der Waals surface area (Å²) in [6, 6.07) is 3.82. The maximum absolute atomic E-state index is 12.5. The molecule has 2 heterocycles. The van der Waals surface area contributed by atoms with E-state index in [0.29, 0.717) is 24.9 Å². The molecule has 7 nitrogen and oxygen atoms in total. The van der Waals surface area contributed by atoms with Gasteiger partial charge in [0.25, 0.3) is 5.91 Å². The van der Waals surface area contributed by atoms with Gasteiger partial charge in [-0.15, -0.1) is 0 Å². The second-order valence-corrected chi connectivity index (χ2v) is 8.70. The van der Waals surface area contributed by atoms with Gasteiger partial charge in [-0.1, -0.05) is 0 Å². The Morgan fingerprint density at radius 3 is 2.78 bits per heavy atom. The number of sulfonamides is 1. The Hall–Kier alpha value is -1.38. The van der Waals surface area contributed by atoms with Crippen LogP contribution in [0.2, 0.25) is 0 Å². The van der Waals surface area contributed by atoms with E-state index in [4.69, 9.17) is 4.74 Å². The normalized spacial score (nSPS) is 25.0. The molecule has 2 atom stereocenters. The van der Waals surface area contributed by atoms with E-state index in [0.717, 1.165) is 12.8 Å². The summed E-state index contributed by atoms with van der Waals surface area (Å²) in [6.07, 6.45) is 4.13. The minimum Gasteiger partial charge on any atom is -0.379 e. The van der Waals surface area contributed by atoms with E-state index < -0.39 is 10.0 Å². The minimum atomic E-state index is -3.32. The zero-order valence-corrected chi connectivity index (χ0v) is 14.3. The molecule has 1 aliphatic carbocycles. The molecule has 0 aromatic carbocycles. The summed E-state index contributed by atoms with van der Waals surface area (Å²) in [7, 11) is -0.289. The van der Waals surface area contributed by atoms with E-state index in [1.54, 1.807) is 6.07 Å². The summed E-state index contributed by atoms with van der Waals surface area (Å²) in [6.45, 7) is 0.700. The molecule has 2 fully saturated rings. The number of nitrogens with one attached hydrogen (secondary N) is 1. The van der Waals surface area contributed by atoms with Gasteiger partial charge < -0.3 is 14.6 Å². The highest BCUT2D eigenvalue weighted by Gasteiger charge is 2.35. The molecular weight excluding hydrogens is 318 g/mol. The molecular formula is C15H23N3O4S. The van der Waals surface area contributed by atoms with Crippen LogP contribution in [0, 0.1) is 5.92 Å². The second kappa shape index (κ2) is 6.26. The van der Waals surface area contributed by atoms with Crippen molar-refractivity contribution in [2.24, 2.45) is 5.92 Å². The lowest BCUT2D eigenvalue weighted by Crippen LogP contribution is -2.44. The van der Waals surface area contributed by atoms with Crippen LogP contribution >= 0.6 is 0 Å². The van der Waals surface area contributed by atoms with Gasteiger partial charge in [0.15, 0.2) is 0 Å². The molecule has 1 aromatic rings. The van der Waals surface area contributed by atoms with Crippen molar-refractivity contribution in [1.29, 1.82) is 0 Å². The Balaban J connectivity index is 1.66. The maximum atomic E-state index is 12.5. The first-order valence-corrected chi connectivity index (χ1v) is 9.45. The van der Waals surface area contributed by atoms with Crippen molar-refractivity contribution in [2.75, 3.05) is 33.1 Å². The summed E-state index contributed by atoms with van der Waals surface area (Å²) in [5.74, 6) is -0.408. The monoisotopic (exact) mass is 341 g/mol. The van der Waals surface area contributed by atoms with E-state index in [1.807, 2.05) is 16.8 Å². The summed E-state index contributed by atoms with van der Waals surface area (Å²) < 4.78 is 32.7. The van der Waals surface area contributed by atoms with Crippen molar-refractivity contribution < 1.29 is 17.9 Å². The lowest BCUT2D eigenvalue weighted by Gasteiger charge is -2.21. The lowest BCUT2D eigenvalue weighted by atomic mass is 10.1. The number of ether oxygens (including phenoxy) is 1. The Kier molecular flexibility index (Phi) is 4.48. The van der Waals surface area contributed by atoms with Gasteiger partial charge in [0.2, 0.25) is 10.0 Å². The van der Waals surface area contributed by atoms with Gasteiger partial charge in [-0.25, -0.2) is 12.7 Å². The van der Waals surface area contributed by atoms with Crippen molar-refractivity contribution in [2.45, 2.75) is 24.9 Å².